The highest BCUT2D eigenvalue weighted by molar-refractivity contribution is 5.80. The van der Waals surface area contributed by atoms with Gasteiger partial charge in [-0.2, -0.15) is 0 Å². The summed E-state index contributed by atoms with van der Waals surface area (Å²) in [6.45, 7) is 4.21. The molecule has 3 unspecified atom stereocenters. The fourth-order valence-electron chi connectivity index (χ4n) is 9.09. The van der Waals surface area contributed by atoms with Crippen molar-refractivity contribution < 1.29 is 20.1 Å². The summed E-state index contributed by atoms with van der Waals surface area (Å²) in [6, 6.07) is -0.812. The fourth-order valence-corrected chi connectivity index (χ4v) is 9.09. The second kappa shape index (κ2) is 53.4. The van der Waals surface area contributed by atoms with E-state index < -0.39 is 24.2 Å². The molecule has 0 rings (SSSR count). The molecule has 0 aromatic rings. The number of unbranched alkanes of at least 4 members (excludes halogenated alkanes) is 43. The van der Waals surface area contributed by atoms with Crippen LogP contribution in [-0.2, 0) is 4.79 Å². The molecule has 0 spiro atoms. The van der Waals surface area contributed by atoms with E-state index >= 15 is 0 Å². The number of carbonyl (C=O) groups excluding carboxylic acids is 1. The minimum atomic E-state index is -1.10. The monoisotopic (exact) mass is 888 g/mol. The number of amides is 1. The summed E-state index contributed by atoms with van der Waals surface area (Å²) >= 11 is 0. The van der Waals surface area contributed by atoms with Crippen molar-refractivity contribution in [3.63, 3.8) is 0 Å². The van der Waals surface area contributed by atoms with Crippen molar-refractivity contribution in [2.45, 2.75) is 334 Å². The van der Waals surface area contributed by atoms with Crippen LogP contribution in [0.3, 0.4) is 0 Å². The first-order valence-electron chi connectivity index (χ1n) is 28.7. The summed E-state index contributed by atoms with van der Waals surface area (Å²) in [5, 5.41) is 33.4. The Morgan fingerprint density at radius 2 is 0.651 bits per heavy atom. The van der Waals surface area contributed by atoms with E-state index in [2.05, 4.69) is 31.3 Å². The molecule has 1 amide bonds. The lowest BCUT2D eigenvalue weighted by Gasteiger charge is -2.21. The number of aliphatic hydroxyl groups is 3. The van der Waals surface area contributed by atoms with E-state index in [-0.39, 0.29) is 6.61 Å². The molecule has 0 fully saturated rings. The Bertz CT molecular complexity index is 936. The average molecular weight is 889 g/mol. The van der Waals surface area contributed by atoms with Gasteiger partial charge in [-0.1, -0.05) is 308 Å². The van der Waals surface area contributed by atoms with Gasteiger partial charge >= 0.3 is 0 Å². The van der Waals surface area contributed by atoms with Crippen molar-refractivity contribution in [2.24, 2.45) is 0 Å². The van der Waals surface area contributed by atoms with Crippen LogP contribution in [0.4, 0.5) is 0 Å². The molecule has 0 aliphatic rings. The summed E-state index contributed by atoms with van der Waals surface area (Å²) in [5.41, 5.74) is 0. The zero-order valence-electron chi connectivity index (χ0n) is 42.7. The minimum Gasteiger partial charge on any atom is -0.394 e. The number of rotatable bonds is 53. The average Bonchev–Trinajstić information content (AvgIpc) is 3.29. The van der Waals surface area contributed by atoms with Crippen LogP contribution in [0.2, 0.25) is 0 Å². The van der Waals surface area contributed by atoms with Crippen LogP contribution in [-0.4, -0.2) is 46.1 Å². The highest BCUT2D eigenvalue weighted by Crippen LogP contribution is 2.18. The third-order valence-electron chi connectivity index (χ3n) is 13.5. The van der Waals surface area contributed by atoms with Gasteiger partial charge in [-0.25, -0.2) is 0 Å². The summed E-state index contributed by atoms with van der Waals surface area (Å²) < 4.78 is 0. The van der Waals surface area contributed by atoms with Gasteiger partial charge in [0, 0.05) is 0 Å². The van der Waals surface area contributed by atoms with Crippen LogP contribution in [0.1, 0.15) is 316 Å². The fraction of sp³-hybridized carbons (Fsp3) is 0.914. The van der Waals surface area contributed by atoms with E-state index in [1.54, 1.807) is 6.08 Å². The summed E-state index contributed by atoms with van der Waals surface area (Å²) in [4.78, 5) is 12.6. The predicted octanol–water partition coefficient (Wildman–Crippen LogP) is 17.7. The predicted molar refractivity (Wildman–Crippen MR) is 278 cm³/mol. The Morgan fingerprint density at radius 3 is 0.968 bits per heavy atom. The van der Waals surface area contributed by atoms with Crippen molar-refractivity contribution in [1.29, 1.82) is 0 Å². The van der Waals surface area contributed by atoms with Crippen LogP contribution >= 0.6 is 0 Å². The first kappa shape index (κ1) is 61.8. The number of nitrogens with one attached hydrogen (secondary N) is 1. The van der Waals surface area contributed by atoms with Gasteiger partial charge in [0.25, 0.3) is 0 Å². The van der Waals surface area contributed by atoms with Gasteiger partial charge in [0.1, 0.15) is 6.10 Å². The molecular weight excluding hydrogens is 775 g/mol. The van der Waals surface area contributed by atoms with Crippen molar-refractivity contribution in [3.05, 3.63) is 24.3 Å². The van der Waals surface area contributed by atoms with Gasteiger partial charge in [-0.3, -0.25) is 4.79 Å². The van der Waals surface area contributed by atoms with Crippen molar-refractivity contribution in [2.75, 3.05) is 6.61 Å². The number of carbonyl (C=O) groups is 1. The quantitative estimate of drug-likeness (QED) is 0.0362. The molecule has 0 aliphatic carbocycles. The number of aliphatic hydroxyl groups excluding tert-OH is 3. The van der Waals surface area contributed by atoms with Crippen LogP contribution in [0.5, 0.6) is 0 Å². The molecule has 0 radical (unpaired) electrons. The maximum absolute atomic E-state index is 12.6. The number of allylic oxidation sites excluding steroid dienone is 3. The minimum absolute atomic E-state index is 0.372. The topological polar surface area (TPSA) is 89.8 Å². The molecule has 0 bridgehead atoms. The number of hydrogen-bond donors (Lipinski definition) is 4. The SMILES string of the molecule is CCCCCCCCCCCCCCCCCCCC/C=C/CC/C=C/C(O)C(CO)NC(=O)C(O)CCCCCCCCCCCCCCCCCCCCCCCCCCC. The van der Waals surface area contributed by atoms with Crippen LogP contribution in [0.15, 0.2) is 24.3 Å². The molecule has 4 N–H and O–H groups in total. The zero-order valence-corrected chi connectivity index (χ0v) is 42.7. The smallest absolute Gasteiger partial charge is 0.249 e. The summed E-state index contributed by atoms with van der Waals surface area (Å²) in [5.74, 6) is -0.506. The van der Waals surface area contributed by atoms with Crippen LogP contribution in [0, 0.1) is 0 Å². The maximum Gasteiger partial charge on any atom is 0.249 e. The molecule has 0 aliphatic heterocycles. The Hall–Kier alpha value is -1.17. The van der Waals surface area contributed by atoms with E-state index in [4.69, 9.17) is 0 Å². The zero-order chi connectivity index (χ0) is 45.8. The second-order valence-corrected chi connectivity index (χ2v) is 19.9. The molecule has 5 heteroatoms. The first-order valence-corrected chi connectivity index (χ1v) is 28.7. The number of hydrogen-bond acceptors (Lipinski definition) is 4. The largest absolute Gasteiger partial charge is 0.394 e. The van der Waals surface area contributed by atoms with Crippen molar-refractivity contribution >= 4 is 5.91 Å². The van der Waals surface area contributed by atoms with Crippen molar-refractivity contribution in [1.82, 2.24) is 5.32 Å². The lowest BCUT2D eigenvalue weighted by atomic mass is 10.0. The molecule has 0 heterocycles. The highest BCUT2D eigenvalue weighted by atomic mass is 16.3. The van der Waals surface area contributed by atoms with Gasteiger partial charge in [0.05, 0.1) is 18.8 Å². The third-order valence-corrected chi connectivity index (χ3v) is 13.5. The molecule has 374 valence electrons. The van der Waals surface area contributed by atoms with Crippen LogP contribution < -0.4 is 5.32 Å². The van der Waals surface area contributed by atoms with Gasteiger partial charge in [-0.05, 0) is 32.1 Å². The van der Waals surface area contributed by atoms with Gasteiger partial charge in [-0.15, -0.1) is 0 Å². The van der Waals surface area contributed by atoms with E-state index in [1.807, 2.05) is 6.08 Å². The Kier molecular flexibility index (Phi) is 52.5. The molecule has 5 nitrogen and oxygen atoms in total. The Morgan fingerprint density at radius 1 is 0.381 bits per heavy atom. The molecule has 0 aromatic carbocycles. The van der Waals surface area contributed by atoms with Gasteiger partial charge in [0.2, 0.25) is 5.91 Å². The van der Waals surface area contributed by atoms with Crippen LogP contribution in [0.25, 0.3) is 0 Å². The molecule has 3 atom stereocenters. The van der Waals surface area contributed by atoms with E-state index in [9.17, 15) is 20.1 Å². The van der Waals surface area contributed by atoms with E-state index in [0.29, 0.717) is 6.42 Å². The normalized spacial score (nSPS) is 13.4. The lowest BCUT2D eigenvalue weighted by molar-refractivity contribution is -0.131. The molecule has 0 saturated carbocycles. The van der Waals surface area contributed by atoms with Gasteiger partial charge < -0.3 is 20.6 Å². The van der Waals surface area contributed by atoms with E-state index in [0.717, 1.165) is 38.5 Å². The summed E-state index contributed by atoms with van der Waals surface area (Å²) in [7, 11) is 0. The summed E-state index contributed by atoms with van der Waals surface area (Å²) in [6.07, 6.45) is 68.4. The van der Waals surface area contributed by atoms with Gasteiger partial charge in [0.15, 0.2) is 0 Å². The van der Waals surface area contributed by atoms with E-state index in [1.165, 1.54) is 257 Å². The molecule has 63 heavy (non-hydrogen) atoms. The molecule has 0 saturated heterocycles. The molecule has 0 aromatic heterocycles. The lowest BCUT2D eigenvalue weighted by Crippen LogP contribution is -2.48. The standard InChI is InChI=1S/C58H113NO4/c1-3-5-7-9-11-13-15-17-19-21-23-25-27-29-31-33-35-37-39-41-43-45-47-49-51-53-57(62)58(63)59-55(54-60)56(61)52-50-48-46-44-42-40-38-36-34-32-30-28-26-24-22-20-18-16-14-12-10-8-6-4-2/h42,44,50,52,55-57,60-62H,3-41,43,45-49,51,53-54H2,1-2H3,(H,59,63)/b44-42+,52-50+. The Labute approximate surface area is 394 Å². The first-order chi connectivity index (χ1) is 31.1. The third kappa shape index (κ3) is 48.6. The Balaban J connectivity index is 3.58. The van der Waals surface area contributed by atoms with Crippen molar-refractivity contribution in [3.8, 4) is 0 Å². The highest BCUT2D eigenvalue weighted by Gasteiger charge is 2.22. The molecular formula is C58H113NO4. The second-order valence-electron chi connectivity index (χ2n) is 19.9. The maximum atomic E-state index is 12.6.